The summed E-state index contributed by atoms with van der Waals surface area (Å²) in [6, 6.07) is 4.52. The molecule has 0 atom stereocenters. The number of hydrogen-bond acceptors (Lipinski definition) is 2. The molecule has 0 aliphatic rings. The second-order valence-corrected chi connectivity index (χ2v) is 16.4. The summed E-state index contributed by atoms with van der Waals surface area (Å²) < 4.78 is 77.7. The van der Waals surface area contributed by atoms with Crippen LogP contribution in [0.25, 0.3) is 0 Å². The van der Waals surface area contributed by atoms with Crippen LogP contribution >= 0.6 is 17.0 Å². The summed E-state index contributed by atoms with van der Waals surface area (Å²) in [6.07, 6.45) is -8.80. The molecule has 2 nitrogen and oxygen atoms in total. The number of aliphatic imine (C=N–C) groups is 1. The predicted octanol–water partition coefficient (Wildman–Crippen LogP) is 7.41. The summed E-state index contributed by atoms with van der Waals surface area (Å²) in [5.41, 5.74) is -2.34. The number of aromatic hydroxyl groups is 1. The summed E-state index contributed by atoms with van der Waals surface area (Å²) in [6.45, 7) is 7.80. The Labute approximate surface area is 196 Å². The van der Waals surface area contributed by atoms with Crippen molar-refractivity contribution in [2.75, 3.05) is 0 Å². The van der Waals surface area contributed by atoms with Crippen LogP contribution in [-0.4, -0.2) is 19.4 Å². The van der Waals surface area contributed by atoms with E-state index in [-0.39, 0.29) is 17.4 Å². The zero-order chi connectivity index (χ0) is 24.2. The van der Waals surface area contributed by atoms with E-state index in [2.05, 4.69) is 4.99 Å². The van der Waals surface area contributed by atoms with E-state index in [1.54, 1.807) is 13.0 Å². The Morgan fingerprint density at radius 3 is 1.74 bits per heavy atom. The van der Waals surface area contributed by atoms with Crippen molar-refractivity contribution < 1.29 is 52.3 Å². The molecular weight excluding hydrogens is 562 g/mol. The van der Waals surface area contributed by atoms with Gasteiger partial charge in [-0.1, -0.05) is 31.3 Å². The van der Waals surface area contributed by atoms with Gasteiger partial charge in [0.2, 0.25) is 0 Å². The Bertz CT molecular complexity index is 910. The monoisotopic (exact) mass is 579 g/mol. The van der Waals surface area contributed by atoms with Gasteiger partial charge in [-0.15, -0.1) is 0 Å². The van der Waals surface area contributed by atoms with E-state index >= 15 is 0 Å². The van der Waals surface area contributed by atoms with E-state index in [0.717, 1.165) is 17.0 Å². The van der Waals surface area contributed by atoms with Crippen molar-refractivity contribution in [2.24, 2.45) is 4.99 Å². The fourth-order valence-corrected chi connectivity index (χ4v) is 4.15. The summed E-state index contributed by atoms with van der Waals surface area (Å²) in [4.78, 5) is 3.78. The van der Waals surface area contributed by atoms with Crippen LogP contribution in [0, 0.1) is 6.92 Å². The number of phenolic OH excluding ortho intramolecular Hbond substituents is 1. The van der Waals surface area contributed by atoms with Crippen molar-refractivity contribution in [1.29, 1.82) is 0 Å². The van der Waals surface area contributed by atoms with E-state index in [1.807, 2.05) is 25.7 Å². The molecule has 0 spiro atoms. The van der Waals surface area contributed by atoms with E-state index in [1.165, 1.54) is 0 Å². The molecule has 0 bridgehead atoms. The van der Waals surface area contributed by atoms with Gasteiger partial charge in [-0.05, 0) is 36.4 Å². The Morgan fingerprint density at radius 1 is 0.903 bits per heavy atom. The number of nitrogens with zero attached hydrogens (tertiary/aromatic N) is 1. The van der Waals surface area contributed by atoms with Gasteiger partial charge in [0.25, 0.3) is 0 Å². The molecule has 170 valence electrons. The number of aryl methyl sites for hydroxylation is 1. The number of benzene rings is 2. The van der Waals surface area contributed by atoms with Gasteiger partial charge in [0.1, 0.15) is 5.75 Å². The van der Waals surface area contributed by atoms with E-state index in [4.69, 9.17) is 17.0 Å². The first kappa shape index (κ1) is 28.2. The summed E-state index contributed by atoms with van der Waals surface area (Å²) in [7, 11) is 7.94. The molecule has 0 saturated heterocycles. The van der Waals surface area contributed by atoms with Crippen LogP contribution in [-0.2, 0) is 33.2 Å². The first-order valence-electron chi connectivity index (χ1n) is 8.64. The minimum absolute atomic E-state index is 0.0481. The quantitative estimate of drug-likeness (QED) is 0.229. The average Bonchev–Trinajstić information content (AvgIpc) is 2.60. The van der Waals surface area contributed by atoms with Crippen molar-refractivity contribution in [3.63, 3.8) is 0 Å². The third-order valence-electron chi connectivity index (χ3n) is 4.02. The van der Waals surface area contributed by atoms with Gasteiger partial charge in [-0.2, -0.15) is 26.3 Å². The van der Waals surface area contributed by atoms with E-state index < -0.39 is 58.1 Å². The second kappa shape index (κ2) is 10.9. The zero-order valence-electron chi connectivity index (χ0n) is 16.9. The third-order valence-corrected chi connectivity index (χ3v) is 6.01. The molecule has 0 radical (unpaired) electrons. The van der Waals surface area contributed by atoms with Crippen LogP contribution in [0.5, 0.6) is 5.75 Å². The molecule has 0 saturated carbocycles. The minimum atomic E-state index is -4.94. The Hall–Kier alpha value is -0.830. The molecule has 2 rings (SSSR count). The Morgan fingerprint density at radius 2 is 1.35 bits per heavy atom. The van der Waals surface area contributed by atoms with Crippen molar-refractivity contribution in [2.45, 2.75) is 38.9 Å². The molecule has 0 aromatic heterocycles. The van der Waals surface area contributed by atoms with Crippen molar-refractivity contribution >= 4 is 42.2 Å². The van der Waals surface area contributed by atoms with Crippen molar-refractivity contribution in [3.05, 3.63) is 52.6 Å². The molecular formula is C19H19Cl2F6NOSiZr. The van der Waals surface area contributed by atoms with Gasteiger partial charge >= 0.3 is 50.2 Å². The van der Waals surface area contributed by atoms with E-state index in [0.29, 0.717) is 12.1 Å². The first-order valence-corrected chi connectivity index (χ1v) is 18.5. The zero-order valence-corrected chi connectivity index (χ0v) is 21.9. The van der Waals surface area contributed by atoms with Gasteiger partial charge in [0.15, 0.2) is 0 Å². The normalized spacial score (nSPS) is 12.5. The third kappa shape index (κ3) is 8.56. The molecule has 0 heterocycles. The maximum absolute atomic E-state index is 12.9. The molecule has 12 heteroatoms. The van der Waals surface area contributed by atoms with Crippen LogP contribution in [0.3, 0.4) is 0 Å². The molecule has 2 aromatic rings. The molecule has 0 amide bonds. The second-order valence-electron chi connectivity index (χ2n) is 7.59. The van der Waals surface area contributed by atoms with Crippen molar-refractivity contribution in [3.8, 4) is 5.75 Å². The molecule has 1 N–H and O–H groups in total. The molecule has 2 aromatic carbocycles. The van der Waals surface area contributed by atoms with Crippen LogP contribution in [0.1, 0.15) is 22.3 Å². The van der Waals surface area contributed by atoms with Gasteiger partial charge in [0, 0.05) is 11.8 Å². The maximum atomic E-state index is 12.9. The molecule has 31 heavy (non-hydrogen) atoms. The fraction of sp³-hybridized carbons (Fsp3) is 0.316. The van der Waals surface area contributed by atoms with Gasteiger partial charge in [0.05, 0.1) is 24.9 Å². The topological polar surface area (TPSA) is 32.6 Å². The first-order chi connectivity index (χ1) is 14.0. The number of hydrogen-bond donors (Lipinski definition) is 1. The number of rotatable bonds is 3. The Balaban J connectivity index is 0.00000151. The summed E-state index contributed by atoms with van der Waals surface area (Å²) >= 11 is -0.826. The summed E-state index contributed by atoms with van der Waals surface area (Å²) in [5, 5.41) is 11.2. The molecule has 0 fully saturated rings. The number of halogens is 8. The van der Waals surface area contributed by atoms with Crippen LogP contribution < -0.4 is 5.19 Å². The van der Waals surface area contributed by atoms with Crippen LogP contribution in [0.15, 0.2) is 35.3 Å². The van der Waals surface area contributed by atoms with Crippen LogP contribution in [0.4, 0.5) is 32.0 Å². The standard InChI is InChI=1S/C19H19F6NOSi.2ClH.Zr/c1-11-5-12(17(27)16(6-11)28(2,3)4)10-26-15-8-13(18(20,21)22)7-14(9-15)19(23,24)25;;;/h5-10,27H,1-4H3;2*1H;/q;;;+2/p-2. The van der Waals surface area contributed by atoms with Crippen LogP contribution in [0.2, 0.25) is 19.6 Å². The van der Waals surface area contributed by atoms with Gasteiger partial charge in [-0.3, -0.25) is 4.99 Å². The van der Waals surface area contributed by atoms with Gasteiger partial charge < -0.3 is 5.11 Å². The molecule has 0 aliphatic carbocycles. The van der Waals surface area contributed by atoms with E-state index in [9.17, 15) is 31.4 Å². The summed E-state index contributed by atoms with van der Waals surface area (Å²) in [5.74, 6) is -0.0588. The fourth-order valence-electron chi connectivity index (χ4n) is 2.63. The SMILES string of the molecule is Cc1cc(C=Nc2cc(C(F)(F)F)cc(C(F)(F)F)c2)c(O)c([Si](C)(C)C)c1.[Cl][Zr][Cl]. The van der Waals surface area contributed by atoms with Crippen molar-refractivity contribution in [1.82, 2.24) is 0 Å². The van der Waals surface area contributed by atoms with Gasteiger partial charge in [-0.25, -0.2) is 0 Å². The Kier molecular flexibility index (Phi) is 9.88. The average molecular weight is 582 g/mol. The predicted molar refractivity (Wildman–Crippen MR) is 111 cm³/mol. The molecule has 0 unspecified atom stereocenters. The number of alkyl halides is 6. The molecule has 0 aliphatic heterocycles. The number of phenols is 1.